The Morgan fingerprint density at radius 3 is 2.93 bits per heavy atom. The SMILES string of the molecule is CCCCc1csc(CO[SiH](C)C)n1. The normalized spacial score (nSPS) is 11.1. The molecule has 0 aromatic carbocycles. The van der Waals surface area contributed by atoms with Gasteiger partial charge in [0.1, 0.15) is 5.01 Å². The summed E-state index contributed by atoms with van der Waals surface area (Å²) in [6.45, 7) is 7.30. The molecule has 2 nitrogen and oxygen atoms in total. The van der Waals surface area contributed by atoms with Crippen molar-refractivity contribution in [2.24, 2.45) is 0 Å². The number of nitrogens with zero attached hydrogens (tertiary/aromatic N) is 1. The van der Waals surface area contributed by atoms with Crippen LogP contribution in [0.1, 0.15) is 30.5 Å². The summed E-state index contributed by atoms with van der Waals surface area (Å²) in [5.74, 6) is 0. The van der Waals surface area contributed by atoms with Gasteiger partial charge < -0.3 is 4.43 Å². The van der Waals surface area contributed by atoms with Crippen molar-refractivity contribution in [2.75, 3.05) is 0 Å². The van der Waals surface area contributed by atoms with E-state index in [1.807, 2.05) is 0 Å². The van der Waals surface area contributed by atoms with Crippen molar-refractivity contribution in [1.29, 1.82) is 0 Å². The third-order valence-corrected chi connectivity index (χ3v) is 3.63. The number of unbranched alkanes of at least 4 members (excludes halogenated alkanes) is 1. The predicted octanol–water partition coefficient (Wildman–Crippen LogP) is 2.99. The van der Waals surface area contributed by atoms with Crippen molar-refractivity contribution in [2.45, 2.75) is 45.9 Å². The van der Waals surface area contributed by atoms with E-state index in [-0.39, 0.29) is 0 Å². The van der Waals surface area contributed by atoms with Gasteiger partial charge in [-0.25, -0.2) is 4.98 Å². The van der Waals surface area contributed by atoms with Gasteiger partial charge in [0.05, 0.1) is 12.3 Å². The van der Waals surface area contributed by atoms with Gasteiger partial charge in [-0.05, 0) is 25.9 Å². The van der Waals surface area contributed by atoms with Crippen molar-refractivity contribution in [3.63, 3.8) is 0 Å². The first-order valence-corrected chi connectivity index (χ1v) is 8.93. The third-order valence-electron chi connectivity index (χ3n) is 1.93. The second kappa shape index (κ2) is 6.32. The summed E-state index contributed by atoms with van der Waals surface area (Å²) in [7, 11) is -0.887. The lowest BCUT2D eigenvalue weighted by atomic mass is 10.2. The number of hydrogen-bond acceptors (Lipinski definition) is 3. The van der Waals surface area contributed by atoms with E-state index in [9.17, 15) is 0 Å². The summed E-state index contributed by atoms with van der Waals surface area (Å²) in [4.78, 5) is 4.54. The Balaban J connectivity index is 2.35. The zero-order chi connectivity index (χ0) is 10.4. The summed E-state index contributed by atoms with van der Waals surface area (Å²) >= 11 is 1.73. The molecule has 4 heteroatoms. The van der Waals surface area contributed by atoms with Gasteiger partial charge in [0.2, 0.25) is 0 Å². The molecule has 1 rings (SSSR count). The highest BCUT2D eigenvalue weighted by atomic mass is 32.1. The summed E-state index contributed by atoms with van der Waals surface area (Å²) in [5, 5.41) is 3.30. The Morgan fingerprint density at radius 1 is 1.50 bits per heavy atom. The fraction of sp³-hybridized carbons (Fsp3) is 0.700. The summed E-state index contributed by atoms with van der Waals surface area (Å²) in [6.07, 6.45) is 3.59. The zero-order valence-electron chi connectivity index (χ0n) is 9.25. The molecule has 0 unspecified atom stereocenters. The molecule has 0 atom stereocenters. The van der Waals surface area contributed by atoms with Crippen LogP contribution in [0.5, 0.6) is 0 Å². The van der Waals surface area contributed by atoms with Gasteiger partial charge in [-0.15, -0.1) is 11.3 Å². The summed E-state index contributed by atoms with van der Waals surface area (Å²) in [6, 6.07) is 0. The Bertz CT molecular complexity index is 262. The van der Waals surface area contributed by atoms with E-state index in [1.54, 1.807) is 11.3 Å². The molecule has 0 saturated carbocycles. The fourth-order valence-corrected chi connectivity index (χ4v) is 2.49. The molecule has 0 bridgehead atoms. The molecule has 0 radical (unpaired) electrons. The van der Waals surface area contributed by atoms with Crippen LogP contribution in [-0.2, 0) is 17.5 Å². The van der Waals surface area contributed by atoms with Crippen molar-refractivity contribution in [3.05, 3.63) is 16.1 Å². The smallest absolute Gasteiger partial charge is 0.171 e. The molecule has 14 heavy (non-hydrogen) atoms. The Kier molecular flexibility index (Phi) is 5.36. The number of thiazole rings is 1. The standard InChI is InChI=1S/C10H19NOSSi/c1-4-5-6-9-8-13-10(11-9)7-12-14(2)3/h8,14H,4-7H2,1-3H3. The van der Waals surface area contributed by atoms with Crippen LogP contribution in [0.15, 0.2) is 5.38 Å². The van der Waals surface area contributed by atoms with Crippen LogP contribution in [0.4, 0.5) is 0 Å². The Hall–Kier alpha value is -0.193. The maximum Gasteiger partial charge on any atom is 0.171 e. The molecular weight excluding hydrogens is 210 g/mol. The maximum absolute atomic E-state index is 5.63. The molecule has 0 aliphatic heterocycles. The van der Waals surface area contributed by atoms with E-state index in [4.69, 9.17) is 4.43 Å². The second-order valence-electron chi connectivity index (χ2n) is 3.70. The van der Waals surface area contributed by atoms with Crippen molar-refractivity contribution in [1.82, 2.24) is 4.98 Å². The van der Waals surface area contributed by atoms with E-state index < -0.39 is 9.04 Å². The van der Waals surface area contributed by atoms with Crippen LogP contribution in [0, 0.1) is 0 Å². The first-order valence-electron chi connectivity index (χ1n) is 5.27. The van der Waals surface area contributed by atoms with Gasteiger partial charge in [0, 0.05) is 5.38 Å². The molecule has 0 amide bonds. The van der Waals surface area contributed by atoms with Gasteiger partial charge >= 0.3 is 0 Å². The first kappa shape index (κ1) is 11.9. The van der Waals surface area contributed by atoms with Gasteiger partial charge in [-0.1, -0.05) is 13.3 Å². The zero-order valence-corrected chi connectivity index (χ0v) is 11.2. The highest BCUT2D eigenvalue weighted by Gasteiger charge is 2.03. The molecule has 0 aliphatic rings. The lowest BCUT2D eigenvalue weighted by Crippen LogP contribution is -2.06. The average molecular weight is 229 g/mol. The Morgan fingerprint density at radius 2 is 2.29 bits per heavy atom. The average Bonchev–Trinajstić information content (AvgIpc) is 2.59. The van der Waals surface area contributed by atoms with E-state index >= 15 is 0 Å². The maximum atomic E-state index is 5.63. The quantitative estimate of drug-likeness (QED) is 0.700. The van der Waals surface area contributed by atoms with Crippen LogP contribution >= 0.6 is 11.3 Å². The first-order chi connectivity index (χ1) is 6.72. The number of rotatable bonds is 6. The number of hydrogen-bond donors (Lipinski definition) is 0. The van der Waals surface area contributed by atoms with Crippen LogP contribution in [0.3, 0.4) is 0 Å². The lowest BCUT2D eigenvalue weighted by Gasteiger charge is -2.02. The highest BCUT2D eigenvalue weighted by molar-refractivity contribution is 7.09. The molecular formula is C10H19NOSSi. The largest absolute Gasteiger partial charge is 0.414 e. The predicted molar refractivity (Wildman–Crippen MR) is 64.4 cm³/mol. The molecule has 1 aromatic rings. The van der Waals surface area contributed by atoms with E-state index in [2.05, 4.69) is 30.4 Å². The van der Waals surface area contributed by atoms with Gasteiger partial charge in [0.25, 0.3) is 0 Å². The molecule has 0 spiro atoms. The molecule has 0 saturated heterocycles. The molecule has 0 aliphatic carbocycles. The van der Waals surface area contributed by atoms with Gasteiger partial charge in [-0.2, -0.15) is 0 Å². The number of aryl methyl sites for hydroxylation is 1. The molecule has 80 valence electrons. The summed E-state index contributed by atoms with van der Waals surface area (Å²) < 4.78 is 5.63. The van der Waals surface area contributed by atoms with Crippen molar-refractivity contribution < 1.29 is 4.43 Å². The van der Waals surface area contributed by atoms with Crippen molar-refractivity contribution >= 4 is 20.4 Å². The van der Waals surface area contributed by atoms with Crippen LogP contribution < -0.4 is 0 Å². The van der Waals surface area contributed by atoms with Gasteiger partial charge in [-0.3, -0.25) is 0 Å². The second-order valence-corrected chi connectivity index (χ2v) is 7.07. The minimum Gasteiger partial charge on any atom is -0.414 e. The molecule has 0 fully saturated rings. The lowest BCUT2D eigenvalue weighted by molar-refractivity contribution is 0.313. The van der Waals surface area contributed by atoms with Crippen LogP contribution in [0.25, 0.3) is 0 Å². The highest BCUT2D eigenvalue weighted by Crippen LogP contribution is 2.13. The van der Waals surface area contributed by atoms with E-state index in [1.165, 1.54) is 18.5 Å². The number of aromatic nitrogens is 1. The minimum atomic E-state index is -0.887. The van der Waals surface area contributed by atoms with Gasteiger partial charge in [0.15, 0.2) is 9.04 Å². The van der Waals surface area contributed by atoms with Crippen LogP contribution in [0.2, 0.25) is 13.1 Å². The van der Waals surface area contributed by atoms with E-state index in [0.717, 1.165) is 18.0 Å². The van der Waals surface area contributed by atoms with E-state index in [0.29, 0.717) is 0 Å². The minimum absolute atomic E-state index is 0.723. The molecule has 1 heterocycles. The molecule has 1 aromatic heterocycles. The fourth-order valence-electron chi connectivity index (χ4n) is 1.13. The monoisotopic (exact) mass is 229 g/mol. The van der Waals surface area contributed by atoms with Crippen molar-refractivity contribution in [3.8, 4) is 0 Å². The summed E-state index contributed by atoms with van der Waals surface area (Å²) in [5.41, 5.74) is 1.24. The topological polar surface area (TPSA) is 22.1 Å². The molecule has 0 N–H and O–H groups in total. The Labute approximate surface area is 92.1 Å². The van der Waals surface area contributed by atoms with Crippen LogP contribution in [-0.4, -0.2) is 14.0 Å². The third kappa shape index (κ3) is 4.35.